The van der Waals surface area contributed by atoms with E-state index in [1.807, 2.05) is 6.92 Å². The summed E-state index contributed by atoms with van der Waals surface area (Å²) in [5, 5.41) is 6.05. The summed E-state index contributed by atoms with van der Waals surface area (Å²) in [7, 11) is 0. The Morgan fingerprint density at radius 1 is 1.33 bits per heavy atom. The predicted octanol–water partition coefficient (Wildman–Crippen LogP) is 3.02. The molecule has 6 heteroatoms. The Morgan fingerprint density at radius 2 is 2.04 bits per heavy atom. The molecule has 132 valence electrons. The molecule has 0 bridgehead atoms. The van der Waals surface area contributed by atoms with Crippen molar-refractivity contribution in [2.45, 2.75) is 70.9 Å². The standard InChI is InChI=1S/C18H27N3O2S/c1-11(16-20-14(10-24-16)18(2,3)4)19-15(22)13-6-5-9-21(13)17(23)12-7-8-12/h10-13H,5-9H2,1-4H3,(H,19,22). The van der Waals surface area contributed by atoms with E-state index in [-0.39, 0.29) is 35.2 Å². The fraction of sp³-hybridized carbons (Fsp3) is 0.722. The number of hydrogen-bond acceptors (Lipinski definition) is 4. The summed E-state index contributed by atoms with van der Waals surface area (Å²) in [5.74, 6) is 0.301. The molecule has 1 aromatic heterocycles. The fourth-order valence-corrected chi connectivity index (χ4v) is 4.12. The predicted molar refractivity (Wildman–Crippen MR) is 94.8 cm³/mol. The molecule has 2 fully saturated rings. The molecule has 0 radical (unpaired) electrons. The molecule has 1 aromatic rings. The summed E-state index contributed by atoms with van der Waals surface area (Å²) in [6.45, 7) is 9.08. The molecular formula is C18H27N3O2S. The van der Waals surface area contributed by atoms with Gasteiger partial charge in [-0.25, -0.2) is 4.98 Å². The fourth-order valence-electron chi connectivity index (χ4n) is 3.07. The number of aromatic nitrogens is 1. The van der Waals surface area contributed by atoms with Gasteiger partial charge in [0, 0.05) is 23.3 Å². The van der Waals surface area contributed by atoms with Gasteiger partial charge in [-0.3, -0.25) is 9.59 Å². The molecule has 3 rings (SSSR count). The number of amides is 2. The lowest BCUT2D eigenvalue weighted by atomic mass is 9.93. The van der Waals surface area contributed by atoms with Gasteiger partial charge < -0.3 is 10.2 Å². The van der Waals surface area contributed by atoms with Crippen molar-refractivity contribution in [2.24, 2.45) is 5.92 Å². The Kier molecular flexibility index (Phi) is 4.69. The van der Waals surface area contributed by atoms with Crippen molar-refractivity contribution >= 4 is 23.2 Å². The number of thiazole rings is 1. The summed E-state index contributed by atoms with van der Waals surface area (Å²) >= 11 is 1.58. The molecular weight excluding hydrogens is 322 g/mol. The van der Waals surface area contributed by atoms with Crippen LogP contribution in [0.2, 0.25) is 0 Å². The minimum atomic E-state index is -0.303. The average Bonchev–Trinajstić information content (AvgIpc) is 3.03. The summed E-state index contributed by atoms with van der Waals surface area (Å²) in [4.78, 5) is 31.5. The highest BCUT2D eigenvalue weighted by Crippen LogP contribution is 2.34. The zero-order valence-corrected chi connectivity index (χ0v) is 15.8. The van der Waals surface area contributed by atoms with Crippen LogP contribution in [-0.4, -0.2) is 34.3 Å². The van der Waals surface area contributed by atoms with Crippen LogP contribution >= 0.6 is 11.3 Å². The summed E-state index contributed by atoms with van der Waals surface area (Å²) < 4.78 is 0. The lowest BCUT2D eigenvalue weighted by Gasteiger charge is -2.25. The maximum atomic E-state index is 12.7. The number of carbonyl (C=O) groups excluding carboxylic acids is 2. The van der Waals surface area contributed by atoms with Crippen molar-refractivity contribution in [3.63, 3.8) is 0 Å². The first kappa shape index (κ1) is 17.4. The first-order chi connectivity index (χ1) is 11.3. The van der Waals surface area contributed by atoms with Crippen molar-refractivity contribution in [1.29, 1.82) is 0 Å². The summed E-state index contributed by atoms with van der Waals surface area (Å²) in [6, 6.07) is -0.431. The van der Waals surface area contributed by atoms with Crippen LogP contribution in [0.25, 0.3) is 0 Å². The lowest BCUT2D eigenvalue weighted by molar-refractivity contribution is -0.139. The smallest absolute Gasteiger partial charge is 0.243 e. The number of rotatable bonds is 4. The van der Waals surface area contributed by atoms with Gasteiger partial charge in [0.25, 0.3) is 0 Å². The third-order valence-electron chi connectivity index (χ3n) is 4.78. The largest absolute Gasteiger partial charge is 0.345 e. The second-order valence-electron chi connectivity index (χ2n) is 8.02. The minimum Gasteiger partial charge on any atom is -0.345 e. The monoisotopic (exact) mass is 349 g/mol. The van der Waals surface area contributed by atoms with E-state index in [2.05, 4.69) is 36.5 Å². The van der Waals surface area contributed by atoms with Crippen LogP contribution in [0.15, 0.2) is 5.38 Å². The molecule has 24 heavy (non-hydrogen) atoms. The van der Waals surface area contributed by atoms with Crippen LogP contribution in [0.4, 0.5) is 0 Å². The van der Waals surface area contributed by atoms with Gasteiger partial charge in [0.2, 0.25) is 11.8 Å². The van der Waals surface area contributed by atoms with Gasteiger partial charge in [-0.1, -0.05) is 20.8 Å². The van der Waals surface area contributed by atoms with Crippen LogP contribution in [0, 0.1) is 5.92 Å². The molecule has 0 aromatic carbocycles. The van der Waals surface area contributed by atoms with E-state index in [4.69, 9.17) is 0 Å². The van der Waals surface area contributed by atoms with E-state index in [0.29, 0.717) is 6.54 Å². The van der Waals surface area contributed by atoms with Crippen molar-refractivity contribution in [3.8, 4) is 0 Å². The highest BCUT2D eigenvalue weighted by atomic mass is 32.1. The molecule has 1 saturated heterocycles. The number of nitrogens with one attached hydrogen (secondary N) is 1. The van der Waals surface area contributed by atoms with E-state index in [1.165, 1.54) is 0 Å². The third kappa shape index (κ3) is 3.63. The van der Waals surface area contributed by atoms with E-state index in [9.17, 15) is 9.59 Å². The lowest BCUT2D eigenvalue weighted by Crippen LogP contribution is -2.47. The van der Waals surface area contributed by atoms with Gasteiger partial charge in [-0.15, -0.1) is 11.3 Å². The molecule has 2 heterocycles. The molecule has 1 saturated carbocycles. The highest BCUT2D eigenvalue weighted by Gasteiger charge is 2.41. The Morgan fingerprint density at radius 3 is 2.62 bits per heavy atom. The highest BCUT2D eigenvalue weighted by molar-refractivity contribution is 7.09. The van der Waals surface area contributed by atoms with E-state index < -0.39 is 0 Å². The van der Waals surface area contributed by atoms with Crippen molar-refractivity contribution < 1.29 is 9.59 Å². The average molecular weight is 350 g/mol. The molecule has 0 spiro atoms. The number of nitrogens with zero attached hydrogens (tertiary/aromatic N) is 2. The molecule has 2 atom stereocenters. The Hall–Kier alpha value is -1.43. The second-order valence-corrected chi connectivity index (χ2v) is 8.90. The van der Waals surface area contributed by atoms with E-state index in [1.54, 1.807) is 16.2 Å². The van der Waals surface area contributed by atoms with Gasteiger partial charge >= 0.3 is 0 Å². The van der Waals surface area contributed by atoms with Crippen LogP contribution in [-0.2, 0) is 15.0 Å². The first-order valence-corrected chi connectivity index (χ1v) is 9.72. The van der Waals surface area contributed by atoms with Crippen LogP contribution < -0.4 is 5.32 Å². The van der Waals surface area contributed by atoms with Crippen molar-refractivity contribution in [2.75, 3.05) is 6.54 Å². The van der Waals surface area contributed by atoms with Crippen LogP contribution in [0.1, 0.15) is 70.1 Å². The zero-order valence-electron chi connectivity index (χ0n) is 15.0. The normalized spacial score (nSPS) is 22.5. The quantitative estimate of drug-likeness (QED) is 0.909. The van der Waals surface area contributed by atoms with Gasteiger partial charge in [0.1, 0.15) is 11.0 Å². The summed E-state index contributed by atoms with van der Waals surface area (Å²) in [5.41, 5.74) is 1.06. The molecule has 1 aliphatic heterocycles. The molecule has 2 amide bonds. The van der Waals surface area contributed by atoms with Gasteiger partial charge in [-0.05, 0) is 32.6 Å². The van der Waals surface area contributed by atoms with Gasteiger partial charge in [-0.2, -0.15) is 0 Å². The maximum absolute atomic E-state index is 12.7. The molecule has 1 N–H and O–H groups in total. The number of hydrogen-bond donors (Lipinski definition) is 1. The van der Waals surface area contributed by atoms with Crippen molar-refractivity contribution in [3.05, 3.63) is 16.1 Å². The number of carbonyl (C=O) groups is 2. The first-order valence-electron chi connectivity index (χ1n) is 8.84. The Bertz CT molecular complexity index is 630. The van der Waals surface area contributed by atoms with Crippen LogP contribution in [0.5, 0.6) is 0 Å². The maximum Gasteiger partial charge on any atom is 0.243 e. The third-order valence-corrected chi connectivity index (χ3v) is 5.81. The van der Waals surface area contributed by atoms with Crippen LogP contribution in [0.3, 0.4) is 0 Å². The van der Waals surface area contributed by atoms with Gasteiger partial charge in [0.05, 0.1) is 11.7 Å². The Labute approximate surface area is 147 Å². The SMILES string of the molecule is CC(NC(=O)C1CCCN1C(=O)C1CC1)c1nc(C(C)(C)C)cs1. The molecule has 2 unspecified atom stereocenters. The Balaban J connectivity index is 1.63. The summed E-state index contributed by atoms with van der Waals surface area (Å²) in [6.07, 6.45) is 3.64. The van der Waals surface area contributed by atoms with Crippen molar-refractivity contribution in [1.82, 2.24) is 15.2 Å². The van der Waals surface area contributed by atoms with E-state index >= 15 is 0 Å². The molecule has 1 aliphatic carbocycles. The molecule has 2 aliphatic rings. The van der Waals surface area contributed by atoms with E-state index in [0.717, 1.165) is 36.4 Å². The molecule has 5 nitrogen and oxygen atoms in total. The zero-order chi connectivity index (χ0) is 17.5. The minimum absolute atomic E-state index is 0.0113. The number of likely N-dealkylation sites (tertiary alicyclic amines) is 1. The second kappa shape index (κ2) is 6.47. The van der Waals surface area contributed by atoms with Gasteiger partial charge in [0.15, 0.2) is 0 Å². The topological polar surface area (TPSA) is 62.3 Å².